The largest absolute Gasteiger partial charge is 0.451 e. The van der Waals surface area contributed by atoms with Gasteiger partial charge >= 0.3 is 5.97 Å². The van der Waals surface area contributed by atoms with Crippen LogP contribution < -0.4 is 10.6 Å². The van der Waals surface area contributed by atoms with Crippen molar-refractivity contribution < 1.29 is 18.7 Å². The number of carbonyl (C=O) groups is 2. The molecule has 28 heavy (non-hydrogen) atoms. The van der Waals surface area contributed by atoms with Gasteiger partial charge in [-0.05, 0) is 45.0 Å². The molecule has 0 saturated carbocycles. The number of likely N-dealkylation sites (N-methyl/N-ethyl adjacent to an activating group) is 1. The smallest absolute Gasteiger partial charge is 0.351 e. The molecule has 3 aromatic rings. The lowest BCUT2D eigenvalue weighted by molar-refractivity contribution is -0.121. The minimum atomic E-state index is -0.693. The maximum Gasteiger partial charge on any atom is 0.351 e. The molecule has 0 unspecified atom stereocenters. The lowest BCUT2D eigenvalue weighted by Crippen LogP contribution is -2.34. The van der Waals surface area contributed by atoms with E-state index in [1.165, 1.54) is 29.2 Å². The highest BCUT2D eigenvalue weighted by Gasteiger charge is 2.23. The number of aryl methyl sites for hydroxylation is 2. The first-order valence-corrected chi connectivity index (χ1v) is 9.39. The van der Waals surface area contributed by atoms with Crippen LogP contribution in [0, 0.1) is 19.7 Å². The Bertz CT molecular complexity index is 1050. The molecule has 0 spiro atoms. The minimum absolute atomic E-state index is 0.190. The van der Waals surface area contributed by atoms with Gasteiger partial charge in [-0.25, -0.2) is 19.2 Å². The van der Waals surface area contributed by atoms with E-state index in [4.69, 9.17) is 10.5 Å². The molecule has 146 valence electrons. The molecular weight excluding hydrogens is 383 g/mol. The topological polar surface area (TPSA) is 98.4 Å². The van der Waals surface area contributed by atoms with Crippen molar-refractivity contribution >= 4 is 44.8 Å². The van der Waals surface area contributed by atoms with Crippen molar-refractivity contribution in [1.82, 2.24) is 9.97 Å². The Morgan fingerprint density at radius 2 is 1.89 bits per heavy atom. The molecule has 0 saturated heterocycles. The maximum atomic E-state index is 13.1. The zero-order chi connectivity index (χ0) is 20.4. The van der Waals surface area contributed by atoms with Gasteiger partial charge in [-0.2, -0.15) is 0 Å². The van der Waals surface area contributed by atoms with Crippen LogP contribution in [-0.2, 0) is 9.53 Å². The number of amides is 1. The predicted octanol–water partition coefficient (Wildman–Crippen LogP) is 3.24. The van der Waals surface area contributed by atoms with E-state index in [0.717, 1.165) is 11.3 Å². The van der Waals surface area contributed by atoms with Gasteiger partial charge < -0.3 is 15.4 Å². The van der Waals surface area contributed by atoms with Crippen LogP contribution in [0.5, 0.6) is 0 Å². The molecule has 0 aliphatic carbocycles. The van der Waals surface area contributed by atoms with Gasteiger partial charge in [0.05, 0.1) is 16.8 Å². The monoisotopic (exact) mass is 402 g/mol. The number of ether oxygens (including phenoxy) is 1. The number of carbonyl (C=O) groups excluding carboxylic acids is 2. The first kappa shape index (κ1) is 19.7. The Kier molecular flexibility index (Phi) is 5.55. The second-order valence-corrected chi connectivity index (χ2v) is 7.07. The number of hydrogen-bond acceptors (Lipinski definition) is 7. The second-order valence-electron chi connectivity index (χ2n) is 6.07. The lowest BCUT2D eigenvalue weighted by atomic mass is 10.2. The summed E-state index contributed by atoms with van der Waals surface area (Å²) in [5, 5.41) is 0.621. The van der Waals surface area contributed by atoms with Crippen LogP contribution >= 0.6 is 11.3 Å². The number of anilines is 2. The van der Waals surface area contributed by atoms with Crippen LogP contribution in [0.15, 0.2) is 24.3 Å². The molecule has 2 aromatic heterocycles. The maximum absolute atomic E-state index is 13.1. The second kappa shape index (κ2) is 7.89. The van der Waals surface area contributed by atoms with Crippen molar-refractivity contribution in [2.24, 2.45) is 0 Å². The first-order valence-electron chi connectivity index (χ1n) is 8.58. The Morgan fingerprint density at radius 1 is 1.21 bits per heavy atom. The van der Waals surface area contributed by atoms with Crippen LogP contribution in [0.1, 0.15) is 28.1 Å². The van der Waals surface area contributed by atoms with E-state index in [-0.39, 0.29) is 10.6 Å². The van der Waals surface area contributed by atoms with Crippen molar-refractivity contribution in [3.63, 3.8) is 0 Å². The SMILES string of the molecule is CCN(C(=O)COC(=O)c1sc2nc(C)nc(C)c2c1N)c1ccc(F)cc1. The van der Waals surface area contributed by atoms with E-state index in [2.05, 4.69) is 9.97 Å². The molecule has 0 atom stereocenters. The van der Waals surface area contributed by atoms with Gasteiger partial charge in [0.15, 0.2) is 6.61 Å². The molecule has 0 aliphatic heterocycles. The van der Waals surface area contributed by atoms with E-state index in [1.807, 2.05) is 0 Å². The number of thiophene rings is 1. The molecule has 2 N–H and O–H groups in total. The summed E-state index contributed by atoms with van der Waals surface area (Å²) in [7, 11) is 0. The number of esters is 1. The van der Waals surface area contributed by atoms with Gasteiger partial charge in [-0.3, -0.25) is 4.79 Å². The van der Waals surface area contributed by atoms with Gasteiger partial charge in [-0.15, -0.1) is 11.3 Å². The molecule has 0 radical (unpaired) electrons. The third-order valence-corrected chi connectivity index (χ3v) is 5.23. The number of nitrogens with two attached hydrogens (primary N) is 1. The van der Waals surface area contributed by atoms with Crippen LogP contribution in [0.3, 0.4) is 0 Å². The number of benzene rings is 1. The van der Waals surface area contributed by atoms with E-state index >= 15 is 0 Å². The summed E-state index contributed by atoms with van der Waals surface area (Å²) in [4.78, 5) is 35.7. The Labute approximate surface area is 165 Å². The molecule has 3 rings (SSSR count). The highest BCUT2D eigenvalue weighted by Crippen LogP contribution is 2.34. The molecule has 0 fully saturated rings. The van der Waals surface area contributed by atoms with Crippen LogP contribution in [0.2, 0.25) is 0 Å². The van der Waals surface area contributed by atoms with Crippen LogP contribution in [0.25, 0.3) is 10.2 Å². The Balaban J connectivity index is 1.75. The summed E-state index contributed by atoms with van der Waals surface area (Å²) in [6.07, 6.45) is 0. The lowest BCUT2D eigenvalue weighted by Gasteiger charge is -2.20. The van der Waals surface area contributed by atoms with E-state index in [0.29, 0.717) is 34.0 Å². The van der Waals surface area contributed by atoms with E-state index in [9.17, 15) is 14.0 Å². The van der Waals surface area contributed by atoms with Gasteiger partial charge in [-0.1, -0.05) is 0 Å². The van der Waals surface area contributed by atoms with Crippen LogP contribution in [0.4, 0.5) is 15.8 Å². The van der Waals surface area contributed by atoms with E-state index in [1.54, 1.807) is 20.8 Å². The average Bonchev–Trinajstić information content (AvgIpc) is 2.98. The van der Waals surface area contributed by atoms with Gasteiger partial charge in [0.1, 0.15) is 21.3 Å². The molecular formula is C19H19FN4O3S. The summed E-state index contributed by atoms with van der Waals surface area (Å²) in [5.41, 5.74) is 7.54. The highest BCUT2D eigenvalue weighted by molar-refractivity contribution is 7.21. The number of nitrogens with zero attached hydrogens (tertiary/aromatic N) is 3. The molecule has 0 bridgehead atoms. The number of halogens is 1. The third kappa shape index (κ3) is 3.79. The van der Waals surface area contributed by atoms with Gasteiger partial charge in [0.2, 0.25) is 0 Å². The fourth-order valence-corrected chi connectivity index (χ4v) is 3.96. The first-order chi connectivity index (χ1) is 13.3. The number of hydrogen-bond donors (Lipinski definition) is 1. The highest BCUT2D eigenvalue weighted by atomic mass is 32.1. The summed E-state index contributed by atoms with van der Waals surface area (Å²) in [6, 6.07) is 5.51. The van der Waals surface area contributed by atoms with E-state index < -0.39 is 24.3 Å². The zero-order valence-corrected chi connectivity index (χ0v) is 16.5. The van der Waals surface area contributed by atoms with Gasteiger partial charge in [0, 0.05) is 12.2 Å². The van der Waals surface area contributed by atoms with Crippen molar-refractivity contribution in [3.05, 3.63) is 46.5 Å². The molecule has 1 amide bonds. The Morgan fingerprint density at radius 3 is 2.54 bits per heavy atom. The molecule has 9 heteroatoms. The minimum Gasteiger partial charge on any atom is -0.451 e. The third-order valence-electron chi connectivity index (χ3n) is 4.15. The summed E-state index contributed by atoms with van der Waals surface area (Å²) < 4.78 is 18.3. The number of rotatable bonds is 5. The molecule has 1 aromatic carbocycles. The normalized spacial score (nSPS) is 10.9. The average molecular weight is 402 g/mol. The fourth-order valence-electron chi connectivity index (χ4n) is 2.88. The Hall–Kier alpha value is -3.07. The van der Waals surface area contributed by atoms with Crippen LogP contribution in [-0.4, -0.2) is 35.0 Å². The zero-order valence-electron chi connectivity index (χ0n) is 15.7. The summed E-state index contributed by atoms with van der Waals surface area (Å²) >= 11 is 1.11. The summed E-state index contributed by atoms with van der Waals surface area (Å²) in [6.45, 7) is 5.22. The molecule has 2 heterocycles. The van der Waals surface area contributed by atoms with Crippen molar-refractivity contribution in [2.75, 3.05) is 23.8 Å². The number of nitrogen functional groups attached to an aromatic ring is 1. The quantitative estimate of drug-likeness (QED) is 0.658. The predicted molar refractivity (Wildman–Crippen MR) is 106 cm³/mol. The fraction of sp³-hybridized carbons (Fsp3) is 0.263. The van der Waals surface area contributed by atoms with Gasteiger partial charge in [0.25, 0.3) is 5.91 Å². The number of aromatic nitrogens is 2. The molecule has 7 nitrogen and oxygen atoms in total. The van der Waals surface area contributed by atoms with Crippen molar-refractivity contribution in [1.29, 1.82) is 0 Å². The summed E-state index contributed by atoms with van der Waals surface area (Å²) in [5.74, 6) is -0.929. The van der Waals surface area contributed by atoms with Crippen molar-refractivity contribution in [2.45, 2.75) is 20.8 Å². The van der Waals surface area contributed by atoms with Crippen molar-refractivity contribution in [3.8, 4) is 0 Å². The standard InChI is InChI=1S/C19H19FN4O3S/c1-4-24(13-7-5-12(20)6-8-13)14(25)9-27-19(26)17-16(21)15-10(2)22-11(3)23-18(15)28-17/h5-8H,4,9,21H2,1-3H3. The molecule has 0 aliphatic rings. The number of fused-ring (bicyclic) bond motifs is 1.